The number of anilines is 1. The largest absolute Gasteiger partial charge is 0.493 e. The van der Waals surface area contributed by atoms with Crippen molar-refractivity contribution in [3.8, 4) is 17.2 Å². The number of allylic oxidation sites excluding steroid dienone is 2. The molecule has 0 spiro atoms. The van der Waals surface area contributed by atoms with Crippen LogP contribution < -0.4 is 19.5 Å². The van der Waals surface area contributed by atoms with Crippen molar-refractivity contribution in [2.45, 2.75) is 0 Å². The Kier molecular flexibility index (Phi) is 5.26. The number of amides is 1. The molecule has 6 nitrogen and oxygen atoms in total. The van der Waals surface area contributed by atoms with E-state index in [1.807, 2.05) is 12.1 Å². The zero-order chi connectivity index (χ0) is 19.4. The normalized spacial score (nSPS) is 14.2. The zero-order valence-electron chi connectivity index (χ0n) is 15.2. The molecule has 1 N–H and O–H groups in total. The second kappa shape index (κ2) is 7.78. The van der Waals surface area contributed by atoms with Crippen molar-refractivity contribution in [1.29, 1.82) is 0 Å². The molecule has 0 aliphatic carbocycles. The zero-order valence-corrected chi connectivity index (χ0v) is 15.2. The second-order valence-electron chi connectivity index (χ2n) is 5.75. The molecule has 1 aliphatic heterocycles. The van der Waals surface area contributed by atoms with E-state index < -0.39 is 0 Å². The Morgan fingerprint density at radius 3 is 2.30 bits per heavy atom. The fourth-order valence-electron chi connectivity index (χ4n) is 2.85. The number of carbonyl (C=O) groups excluding carboxylic acids is 2. The number of nitrogens with one attached hydrogen (secondary N) is 1. The summed E-state index contributed by atoms with van der Waals surface area (Å²) in [5.41, 5.74) is 2.48. The molecule has 0 saturated heterocycles. The van der Waals surface area contributed by atoms with Crippen molar-refractivity contribution in [3.63, 3.8) is 0 Å². The fraction of sp³-hybridized carbons (Fsp3) is 0.143. The lowest BCUT2D eigenvalue weighted by Crippen LogP contribution is -2.05. The van der Waals surface area contributed by atoms with E-state index in [4.69, 9.17) is 14.2 Å². The number of hydrogen-bond donors (Lipinski definition) is 1. The van der Waals surface area contributed by atoms with Crippen LogP contribution in [0.15, 0.2) is 48.6 Å². The molecule has 0 radical (unpaired) electrons. The Balaban J connectivity index is 1.87. The average molecular weight is 365 g/mol. The molecule has 6 heteroatoms. The molecule has 138 valence electrons. The van der Waals surface area contributed by atoms with Gasteiger partial charge in [0.05, 0.1) is 26.9 Å². The fourth-order valence-corrected chi connectivity index (χ4v) is 2.85. The molecular formula is C21H19NO5. The number of benzene rings is 2. The Bertz CT molecular complexity index is 934. The van der Waals surface area contributed by atoms with E-state index in [-0.39, 0.29) is 11.7 Å². The van der Waals surface area contributed by atoms with E-state index >= 15 is 0 Å². The lowest BCUT2D eigenvalue weighted by atomic mass is 10.1. The number of ketones is 1. The van der Waals surface area contributed by atoms with Crippen molar-refractivity contribution in [1.82, 2.24) is 0 Å². The maximum Gasteiger partial charge on any atom is 0.256 e. The number of rotatable bonds is 6. The number of methoxy groups -OCH3 is 3. The van der Waals surface area contributed by atoms with Crippen LogP contribution in [0.1, 0.15) is 11.1 Å². The van der Waals surface area contributed by atoms with E-state index in [9.17, 15) is 9.59 Å². The van der Waals surface area contributed by atoms with E-state index in [1.165, 1.54) is 33.5 Å². The van der Waals surface area contributed by atoms with Gasteiger partial charge in [0.15, 0.2) is 17.3 Å². The standard InChI is InChI=1S/C21H19NO5/c1-25-18-10-13(11-19(26-2)20(18)27-3)8-9-14(23)12-16-15-6-4-5-7-17(15)22-21(16)24/h4-12H,1-3H3,(H,22,24)/b9-8+,16-12+. The summed E-state index contributed by atoms with van der Waals surface area (Å²) in [6.45, 7) is 0. The minimum Gasteiger partial charge on any atom is -0.493 e. The van der Waals surface area contributed by atoms with Crippen LogP contribution in [0, 0.1) is 0 Å². The Hall–Kier alpha value is -3.54. The highest BCUT2D eigenvalue weighted by Crippen LogP contribution is 2.38. The van der Waals surface area contributed by atoms with Gasteiger partial charge in [-0.2, -0.15) is 0 Å². The van der Waals surface area contributed by atoms with Crippen LogP contribution in [-0.2, 0) is 9.59 Å². The summed E-state index contributed by atoms with van der Waals surface area (Å²) in [4.78, 5) is 24.4. The van der Waals surface area contributed by atoms with Crippen LogP contribution >= 0.6 is 0 Å². The molecule has 27 heavy (non-hydrogen) atoms. The summed E-state index contributed by atoms with van der Waals surface area (Å²) in [7, 11) is 4.57. The number of carbonyl (C=O) groups is 2. The van der Waals surface area contributed by atoms with Crippen molar-refractivity contribution < 1.29 is 23.8 Å². The predicted molar refractivity (Wildman–Crippen MR) is 103 cm³/mol. The van der Waals surface area contributed by atoms with E-state index in [2.05, 4.69) is 5.32 Å². The molecule has 1 aliphatic rings. The van der Waals surface area contributed by atoms with Crippen LogP contribution in [0.4, 0.5) is 5.69 Å². The Morgan fingerprint density at radius 2 is 1.67 bits per heavy atom. The monoisotopic (exact) mass is 365 g/mol. The summed E-state index contributed by atoms with van der Waals surface area (Å²) in [6, 6.07) is 10.7. The lowest BCUT2D eigenvalue weighted by Gasteiger charge is -2.12. The molecule has 0 saturated carbocycles. The van der Waals surface area contributed by atoms with Gasteiger partial charge in [0.25, 0.3) is 5.91 Å². The highest BCUT2D eigenvalue weighted by atomic mass is 16.5. The van der Waals surface area contributed by atoms with E-state index in [0.717, 1.165) is 5.56 Å². The van der Waals surface area contributed by atoms with Crippen LogP contribution in [0.2, 0.25) is 0 Å². The average Bonchev–Trinajstić information content (AvgIpc) is 3.00. The maximum atomic E-state index is 12.3. The van der Waals surface area contributed by atoms with Crippen molar-refractivity contribution in [2.75, 3.05) is 26.6 Å². The minimum absolute atomic E-state index is 0.286. The van der Waals surface area contributed by atoms with Gasteiger partial charge in [-0.3, -0.25) is 9.59 Å². The van der Waals surface area contributed by atoms with Crippen LogP contribution in [0.5, 0.6) is 17.2 Å². The Labute approximate surface area is 157 Å². The highest BCUT2D eigenvalue weighted by molar-refractivity contribution is 6.34. The molecular weight excluding hydrogens is 346 g/mol. The third kappa shape index (κ3) is 3.69. The Morgan fingerprint density at radius 1 is 1.00 bits per heavy atom. The third-order valence-corrected chi connectivity index (χ3v) is 4.12. The molecule has 1 heterocycles. The topological polar surface area (TPSA) is 73.9 Å². The summed E-state index contributed by atoms with van der Waals surface area (Å²) >= 11 is 0. The van der Waals surface area contributed by atoms with Gasteiger partial charge < -0.3 is 19.5 Å². The summed E-state index contributed by atoms with van der Waals surface area (Å²) in [5.74, 6) is 0.874. The molecule has 2 aromatic carbocycles. The third-order valence-electron chi connectivity index (χ3n) is 4.12. The lowest BCUT2D eigenvalue weighted by molar-refractivity contribution is -0.112. The van der Waals surface area contributed by atoms with Gasteiger partial charge in [0.2, 0.25) is 5.75 Å². The van der Waals surface area contributed by atoms with Crippen LogP contribution in [0.25, 0.3) is 11.6 Å². The molecule has 2 aromatic rings. The quantitative estimate of drug-likeness (QED) is 0.795. The molecule has 3 rings (SSSR count). The number of fused-ring (bicyclic) bond motifs is 1. The SMILES string of the molecule is COc1cc(/C=C/C(=O)/C=C2/C(=O)Nc3ccccc32)cc(OC)c1OC. The molecule has 0 fully saturated rings. The first-order chi connectivity index (χ1) is 13.1. The van der Waals surface area contributed by atoms with Gasteiger partial charge >= 0.3 is 0 Å². The second-order valence-corrected chi connectivity index (χ2v) is 5.75. The summed E-state index contributed by atoms with van der Waals surface area (Å²) < 4.78 is 15.9. The molecule has 0 unspecified atom stereocenters. The van der Waals surface area contributed by atoms with E-state index in [0.29, 0.717) is 34.1 Å². The first-order valence-electron chi connectivity index (χ1n) is 8.22. The smallest absolute Gasteiger partial charge is 0.256 e. The van der Waals surface area contributed by atoms with Crippen LogP contribution in [-0.4, -0.2) is 33.0 Å². The minimum atomic E-state index is -0.300. The van der Waals surface area contributed by atoms with Gasteiger partial charge in [0.1, 0.15) is 0 Å². The molecule has 0 atom stereocenters. The summed E-state index contributed by atoms with van der Waals surface area (Å²) in [6.07, 6.45) is 4.35. The molecule has 0 aromatic heterocycles. The van der Waals surface area contributed by atoms with Gasteiger partial charge in [0, 0.05) is 11.3 Å². The van der Waals surface area contributed by atoms with Crippen molar-refractivity contribution >= 4 is 29.0 Å². The van der Waals surface area contributed by atoms with Gasteiger partial charge in [-0.15, -0.1) is 0 Å². The molecule has 1 amide bonds. The molecule has 0 bridgehead atoms. The predicted octanol–water partition coefficient (Wildman–Crippen LogP) is 3.33. The first-order valence-corrected chi connectivity index (χ1v) is 8.22. The van der Waals surface area contributed by atoms with Crippen molar-refractivity contribution in [3.05, 3.63) is 59.7 Å². The number of para-hydroxylation sites is 1. The van der Waals surface area contributed by atoms with Gasteiger partial charge in [-0.25, -0.2) is 0 Å². The number of ether oxygens (including phenoxy) is 3. The van der Waals surface area contributed by atoms with E-state index in [1.54, 1.807) is 30.3 Å². The number of hydrogen-bond acceptors (Lipinski definition) is 5. The maximum absolute atomic E-state index is 12.3. The first kappa shape index (κ1) is 18.3. The highest BCUT2D eigenvalue weighted by Gasteiger charge is 2.23. The van der Waals surface area contributed by atoms with Gasteiger partial charge in [-0.05, 0) is 35.9 Å². The van der Waals surface area contributed by atoms with Crippen molar-refractivity contribution in [2.24, 2.45) is 0 Å². The van der Waals surface area contributed by atoms with Gasteiger partial charge in [-0.1, -0.05) is 24.3 Å². The summed E-state index contributed by atoms with van der Waals surface area (Å²) in [5, 5.41) is 2.74. The van der Waals surface area contributed by atoms with Crippen LogP contribution in [0.3, 0.4) is 0 Å².